The van der Waals surface area contributed by atoms with Crippen LogP contribution < -0.4 is 15.0 Å². The van der Waals surface area contributed by atoms with E-state index in [-0.39, 0.29) is 17.7 Å². The highest BCUT2D eigenvalue weighted by atomic mass is 16.5. The summed E-state index contributed by atoms with van der Waals surface area (Å²) in [4.78, 5) is 49.8. The fourth-order valence-corrected chi connectivity index (χ4v) is 3.56. The van der Waals surface area contributed by atoms with Crippen molar-refractivity contribution in [3.63, 3.8) is 0 Å². The van der Waals surface area contributed by atoms with Crippen molar-refractivity contribution in [2.45, 2.75) is 20.0 Å². The number of urea groups is 1. The molecule has 1 fully saturated rings. The smallest absolute Gasteiger partial charge is 0.335 e. The number of barbiturate groups is 1. The molecule has 1 aliphatic heterocycles. The molecule has 3 aromatic rings. The van der Waals surface area contributed by atoms with Crippen molar-refractivity contribution < 1.29 is 29.0 Å². The zero-order valence-electron chi connectivity index (χ0n) is 18.9. The van der Waals surface area contributed by atoms with Crippen LogP contribution in [-0.2, 0) is 22.6 Å². The number of amides is 4. The first-order valence-corrected chi connectivity index (χ1v) is 10.9. The fraction of sp³-hybridized carbons (Fsp3) is 0.111. The Bertz CT molecular complexity index is 1330. The monoisotopic (exact) mass is 470 g/mol. The Balaban J connectivity index is 1.49. The topological polar surface area (TPSA) is 113 Å². The number of carbonyl (C=O) groups excluding carboxylic acids is 3. The first-order chi connectivity index (χ1) is 16.9. The van der Waals surface area contributed by atoms with Crippen LogP contribution in [0.5, 0.6) is 5.75 Å². The van der Waals surface area contributed by atoms with Gasteiger partial charge in [-0.05, 0) is 65.6 Å². The second-order valence-electron chi connectivity index (χ2n) is 7.84. The summed E-state index contributed by atoms with van der Waals surface area (Å²) in [5.74, 6) is -1.95. The largest absolute Gasteiger partial charge is 0.489 e. The van der Waals surface area contributed by atoms with E-state index in [1.54, 1.807) is 48.5 Å². The number of aromatic carboxylic acids is 1. The molecule has 35 heavy (non-hydrogen) atoms. The van der Waals surface area contributed by atoms with Gasteiger partial charge in [0, 0.05) is 0 Å². The molecular formula is C27H22N2O6. The van der Waals surface area contributed by atoms with Gasteiger partial charge in [-0.15, -0.1) is 0 Å². The van der Waals surface area contributed by atoms with Crippen LogP contribution in [0.4, 0.5) is 10.5 Å². The molecule has 8 nitrogen and oxygen atoms in total. The molecule has 176 valence electrons. The number of hydrogen-bond acceptors (Lipinski definition) is 5. The Kier molecular flexibility index (Phi) is 6.73. The fourth-order valence-electron chi connectivity index (χ4n) is 3.56. The van der Waals surface area contributed by atoms with Crippen LogP contribution in [0.1, 0.15) is 34.0 Å². The summed E-state index contributed by atoms with van der Waals surface area (Å²) < 4.78 is 5.71. The molecule has 0 aromatic heterocycles. The predicted molar refractivity (Wildman–Crippen MR) is 129 cm³/mol. The van der Waals surface area contributed by atoms with Gasteiger partial charge >= 0.3 is 12.0 Å². The number of anilines is 1. The molecule has 1 heterocycles. The van der Waals surface area contributed by atoms with Crippen LogP contribution in [-0.4, -0.2) is 28.9 Å². The quantitative estimate of drug-likeness (QED) is 0.395. The van der Waals surface area contributed by atoms with Crippen LogP contribution in [0.15, 0.2) is 78.4 Å². The molecule has 0 aliphatic carbocycles. The lowest BCUT2D eigenvalue weighted by Gasteiger charge is -2.26. The SMILES string of the molecule is CCc1ccc(N2C(=O)NC(=O)/C(=C\c3ccc(OCc4cccc(C(=O)O)c4)cc3)C2=O)cc1. The lowest BCUT2D eigenvalue weighted by atomic mass is 10.1. The number of carbonyl (C=O) groups is 4. The Morgan fingerprint density at radius 2 is 1.69 bits per heavy atom. The number of carboxylic acids is 1. The van der Waals surface area contributed by atoms with Gasteiger partial charge in [0.05, 0.1) is 11.3 Å². The molecule has 8 heteroatoms. The van der Waals surface area contributed by atoms with Crippen molar-refractivity contribution in [3.05, 3.63) is 101 Å². The molecule has 0 bridgehead atoms. The van der Waals surface area contributed by atoms with E-state index in [2.05, 4.69) is 5.32 Å². The molecule has 2 N–H and O–H groups in total. The zero-order chi connectivity index (χ0) is 24.9. The summed E-state index contributed by atoms with van der Waals surface area (Å²) in [5, 5.41) is 11.3. The van der Waals surface area contributed by atoms with E-state index in [1.165, 1.54) is 18.2 Å². The average molecular weight is 470 g/mol. The summed E-state index contributed by atoms with van der Waals surface area (Å²) in [5.41, 5.74) is 2.72. The number of rotatable bonds is 7. The van der Waals surface area contributed by atoms with E-state index < -0.39 is 23.8 Å². The van der Waals surface area contributed by atoms with E-state index in [0.29, 0.717) is 22.6 Å². The van der Waals surface area contributed by atoms with Crippen LogP contribution in [0, 0.1) is 0 Å². The minimum Gasteiger partial charge on any atom is -0.489 e. The molecule has 1 saturated heterocycles. The van der Waals surface area contributed by atoms with E-state index >= 15 is 0 Å². The van der Waals surface area contributed by atoms with Gasteiger partial charge in [0.15, 0.2) is 0 Å². The van der Waals surface area contributed by atoms with Gasteiger partial charge in [-0.1, -0.05) is 43.3 Å². The molecule has 4 amide bonds. The van der Waals surface area contributed by atoms with E-state index in [9.17, 15) is 19.2 Å². The zero-order valence-corrected chi connectivity index (χ0v) is 18.9. The molecule has 1 aliphatic rings. The van der Waals surface area contributed by atoms with Crippen LogP contribution >= 0.6 is 0 Å². The summed E-state index contributed by atoms with van der Waals surface area (Å²) in [7, 11) is 0. The molecule has 0 atom stereocenters. The van der Waals surface area contributed by atoms with Gasteiger partial charge in [0.25, 0.3) is 11.8 Å². The van der Waals surface area contributed by atoms with Gasteiger partial charge in [-0.25, -0.2) is 14.5 Å². The third kappa shape index (κ3) is 5.27. The third-order valence-corrected chi connectivity index (χ3v) is 5.48. The Labute approximate surface area is 201 Å². The predicted octanol–water partition coefficient (Wildman–Crippen LogP) is 4.19. The Morgan fingerprint density at radius 1 is 0.971 bits per heavy atom. The van der Waals surface area contributed by atoms with Crippen molar-refractivity contribution in [1.29, 1.82) is 0 Å². The molecule has 3 aromatic carbocycles. The second kappa shape index (κ2) is 10.0. The normalized spacial score (nSPS) is 14.7. The third-order valence-electron chi connectivity index (χ3n) is 5.48. The first-order valence-electron chi connectivity index (χ1n) is 10.9. The van der Waals surface area contributed by atoms with Crippen LogP contribution in [0.25, 0.3) is 6.08 Å². The summed E-state index contributed by atoms with van der Waals surface area (Å²) in [6.07, 6.45) is 2.23. The Morgan fingerprint density at radius 3 is 2.34 bits per heavy atom. The maximum absolute atomic E-state index is 13.0. The van der Waals surface area contributed by atoms with E-state index in [0.717, 1.165) is 16.9 Å². The molecule has 0 saturated carbocycles. The highest BCUT2D eigenvalue weighted by molar-refractivity contribution is 6.39. The lowest BCUT2D eigenvalue weighted by molar-refractivity contribution is -0.122. The van der Waals surface area contributed by atoms with Gasteiger partial charge < -0.3 is 9.84 Å². The van der Waals surface area contributed by atoms with Crippen LogP contribution in [0.2, 0.25) is 0 Å². The highest BCUT2D eigenvalue weighted by Crippen LogP contribution is 2.23. The van der Waals surface area contributed by atoms with Crippen molar-refractivity contribution >= 4 is 35.6 Å². The number of carboxylic acid groups (broad SMARTS) is 1. The standard InChI is InChI=1S/C27H22N2O6/c1-2-17-6-10-21(11-7-17)29-25(31)23(24(30)28-27(29)34)15-18-8-12-22(13-9-18)35-16-19-4-3-5-20(14-19)26(32)33/h3-15H,2,16H2,1H3,(H,32,33)(H,28,30,34)/b23-15+. The molecule has 0 radical (unpaired) electrons. The minimum atomic E-state index is -1.01. The van der Waals surface area contributed by atoms with E-state index in [4.69, 9.17) is 9.84 Å². The first kappa shape index (κ1) is 23.4. The highest BCUT2D eigenvalue weighted by Gasteiger charge is 2.36. The van der Waals surface area contributed by atoms with Gasteiger partial charge in [-0.2, -0.15) is 0 Å². The molecule has 0 unspecified atom stereocenters. The van der Waals surface area contributed by atoms with Gasteiger partial charge in [-0.3, -0.25) is 14.9 Å². The van der Waals surface area contributed by atoms with E-state index in [1.807, 2.05) is 19.1 Å². The summed E-state index contributed by atoms with van der Waals surface area (Å²) >= 11 is 0. The van der Waals surface area contributed by atoms with Crippen molar-refractivity contribution in [2.75, 3.05) is 4.90 Å². The maximum Gasteiger partial charge on any atom is 0.335 e. The van der Waals surface area contributed by atoms with Gasteiger partial charge in [0.2, 0.25) is 0 Å². The Hall–Kier alpha value is -4.72. The average Bonchev–Trinajstić information content (AvgIpc) is 2.86. The van der Waals surface area contributed by atoms with Crippen molar-refractivity contribution in [3.8, 4) is 5.75 Å². The summed E-state index contributed by atoms with van der Waals surface area (Å²) in [6.45, 7) is 2.18. The maximum atomic E-state index is 13.0. The number of imide groups is 2. The molecule has 0 spiro atoms. The number of aryl methyl sites for hydroxylation is 1. The molecular weight excluding hydrogens is 448 g/mol. The van der Waals surface area contributed by atoms with Gasteiger partial charge in [0.1, 0.15) is 17.9 Å². The van der Waals surface area contributed by atoms with Crippen LogP contribution in [0.3, 0.4) is 0 Å². The molecule has 4 rings (SSSR count). The minimum absolute atomic E-state index is 0.164. The number of nitrogens with zero attached hydrogens (tertiary/aromatic N) is 1. The number of ether oxygens (including phenoxy) is 1. The second-order valence-corrected chi connectivity index (χ2v) is 7.84. The number of hydrogen-bond donors (Lipinski definition) is 2. The summed E-state index contributed by atoms with van der Waals surface area (Å²) in [6, 6.07) is 19.3. The lowest BCUT2D eigenvalue weighted by Crippen LogP contribution is -2.54. The van der Waals surface area contributed by atoms with Crippen molar-refractivity contribution in [1.82, 2.24) is 5.32 Å². The number of benzene rings is 3. The van der Waals surface area contributed by atoms with Crippen molar-refractivity contribution in [2.24, 2.45) is 0 Å². The number of nitrogens with one attached hydrogen (secondary N) is 1.